The van der Waals surface area contributed by atoms with Crippen molar-refractivity contribution in [2.45, 2.75) is 6.04 Å². The van der Waals surface area contributed by atoms with Crippen LogP contribution in [0.3, 0.4) is 0 Å². The minimum absolute atomic E-state index is 0.381. The van der Waals surface area contributed by atoms with Crippen molar-refractivity contribution in [2.24, 2.45) is 0 Å². The van der Waals surface area contributed by atoms with Crippen LogP contribution in [0.15, 0.2) is 15.9 Å². The first-order chi connectivity index (χ1) is 6.15. The smallest absolute Gasteiger partial charge is 0.331 e. The minimum atomic E-state index is -1.07. The Morgan fingerprint density at radius 3 is 2.85 bits per heavy atom. The highest BCUT2D eigenvalue weighted by Crippen LogP contribution is 2.25. The summed E-state index contributed by atoms with van der Waals surface area (Å²) < 4.78 is 0.812. The maximum atomic E-state index is 10.7. The van der Waals surface area contributed by atoms with Crippen LogP contribution in [0.1, 0.15) is 10.9 Å². The fraction of sp³-hybridized carbons (Fsp3) is 0.143. The molecule has 4 nitrogen and oxygen atoms in total. The Bertz CT molecular complexity index is 325. The third-order valence-corrected chi connectivity index (χ3v) is 3.11. The molecule has 70 valence electrons. The van der Waals surface area contributed by atoms with E-state index in [1.165, 1.54) is 11.3 Å². The van der Waals surface area contributed by atoms with E-state index in [9.17, 15) is 9.59 Å². The zero-order chi connectivity index (χ0) is 9.84. The molecule has 0 aliphatic rings. The topological polar surface area (TPSA) is 66.4 Å². The van der Waals surface area contributed by atoms with Crippen molar-refractivity contribution < 1.29 is 14.7 Å². The molecule has 0 fully saturated rings. The molecule has 0 aliphatic carbocycles. The number of nitrogens with one attached hydrogen (secondary N) is 1. The van der Waals surface area contributed by atoms with Gasteiger partial charge < -0.3 is 10.4 Å². The second-order valence-electron chi connectivity index (χ2n) is 2.22. The summed E-state index contributed by atoms with van der Waals surface area (Å²) in [5.41, 5.74) is 0. The minimum Gasteiger partial charge on any atom is -0.479 e. The number of aliphatic carboxylic acids is 1. The zero-order valence-electron chi connectivity index (χ0n) is 6.36. The molecular weight excluding hydrogens is 258 g/mol. The molecule has 0 bridgehead atoms. The van der Waals surface area contributed by atoms with E-state index in [-0.39, 0.29) is 0 Å². The van der Waals surface area contributed by atoms with Gasteiger partial charge in [0.15, 0.2) is 6.04 Å². The summed E-state index contributed by atoms with van der Waals surface area (Å²) in [4.78, 5) is 21.4. The van der Waals surface area contributed by atoms with E-state index in [2.05, 4.69) is 21.2 Å². The van der Waals surface area contributed by atoms with E-state index in [1.54, 1.807) is 11.4 Å². The summed E-state index contributed by atoms with van der Waals surface area (Å²) in [6, 6.07) is 0.716. The van der Waals surface area contributed by atoms with Crippen LogP contribution < -0.4 is 5.32 Å². The van der Waals surface area contributed by atoms with Gasteiger partial charge in [-0.3, -0.25) is 4.79 Å². The van der Waals surface area contributed by atoms with Crippen molar-refractivity contribution in [1.29, 1.82) is 0 Å². The first-order valence-corrected chi connectivity index (χ1v) is 4.99. The first kappa shape index (κ1) is 10.2. The predicted octanol–water partition coefficient (Wildman–Crippen LogP) is 1.38. The van der Waals surface area contributed by atoms with E-state index in [1.807, 2.05) is 0 Å². The van der Waals surface area contributed by atoms with Gasteiger partial charge in [-0.05, 0) is 22.0 Å². The van der Waals surface area contributed by atoms with Crippen molar-refractivity contribution >= 4 is 39.6 Å². The van der Waals surface area contributed by atoms with Gasteiger partial charge in [-0.2, -0.15) is 0 Å². The highest BCUT2D eigenvalue weighted by Gasteiger charge is 2.20. The Hall–Kier alpha value is -0.880. The van der Waals surface area contributed by atoms with Crippen LogP contribution >= 0.6 is 27.3 Å². The van der Waals surface area contributed by atoms with Gasteiger partial charge in [-0.25, -0.2) is 4.79 Å². The lowest BCUT2D eigenvalue weighted by Crippen LogP contribution is -2.26. The molecule has 1 aromatic heterocycles. The summed E-state index contributed by atoms with van der Waals surface area (Å²) >= 11 is 4.48. The van der Waals surface area contributed by atoms with Crippen molar-refractivity contribution in [3.05, 3.63) is 20.8 Å². The SMILES string of the molecule is O=CNC(C(=O)O)c1cc(Br)cs1. The fourth-order valence-electron chi connectivity index (χ4n) is 0.823. The van der Waals surface area contributed by atoms with E-state index < -0.39 is 12.0 Å². The monoisotopic (exact) mass is 263 g/mol. The lowest BCUT2D eigenvalue weighted by molar-refractivity contribution is -0.140. The number of halogens is 1. The third-order valence-electron chi connectivity index (χ3n) is 1.35. The zero-order valence-corrected chi connectivity index (χ0v) is 8.76. The summed E-state index contributed by atoms with van der Waals surface area (Å²) in [6.45, 7) is 0. The quantitative estimate of drug-likeness (QED) is 0.807. The molecule has 0 aromatic carbocycles. The predicted molar refractivity (Wildman–Crippen MR) is 51.6 cm³/mol. The first-order valence-electron chi connectivity index (χ1n) is 3.31. The summed E-state index contributed by atoms with van der Waals surface area (Å²) in [6.07, 6.45) is 0.381. The highest BCUT2D eigenvalue weighted by atomic mass is 79.9. The van der Waals surface area contributed by atoms with Gasteiger partial charge in [-0.1, -0.05) is 0 Å². The number of amides is 1. The lowest BCUT2D eigenvalue weighted by Gasteiger charge is -2.07. The standard InChI is InChI=1S/C7H6BrNO3S/c8-4-1-5(13-2-4)6(7(11)12)9-3-10/h1-3,6H,(H,9,10)(H,11,12). The van der Waals surface area contributed by atoms with Gasteiger partial charge in [0.05, 0.1) is 0 Å². The van der Waals surface area contributed by atoms with Gasteiger partial charge >= 0.3 is 5.97 Å². The molecule has 0 saturated carbocycles. The maximum absolute atomic E-state index is 10.7. The Morgan fingerprint density at radius 2 is 2.46 bits per heavy atom. The van der Waals surface area contributed by atoms with Crippen LogP contribution in [0.4, 0.5) is 0 Å². The Morgan fingerprint density at radius 1 is 1.77 bits per heavy atom. The van der Waals surface area contributed by atoms with E-state index in [0.29, 0.717) is 11.3 Å². The fourth-order valence-corrected chi connectivity index (χ4v) is 2.32. The van der Waals surface area contributed by atoms with E-state index in [0.717, 1.165) is 4.47 Å². The van der Waals surface area contributed by atoms with Crippen molar-refractivity contribution in [2.75, 3.05) is 0 Å². The van der Waals surface area contributed by atoms with Gasteiger partial charge in [-0.15, -0.1) is 11.3 Å². The van der Waals surface area contributed by atoms with E-state index in [4.69, 9.17) is 5.11 Å². The molecule has 0 radical (unpaired) electrons. The van der Waals surface area contributed by atoms with Crippen LogP contribution in [0.2, 0.25) is 0 Å². The maximum Gasteiger partial charge on any atom is 0.331 e. The normalized spacial score (nSPS) is 12.1. The molecule has 1 atom stereocenters. The molecule has 0 saturated heterocycles. The largest absolute Gasteiger partial charge is 0.479 e. The second kappa shape index (κ2) is 4.38. The molecule has 1 aromatic rings. The van der Waals surface area contributed by atoms with Gasteiger partial charge in [0.1, 0.15) is 0 Å². The number of hydrogen-bond donors (Lipinski definition) is 2. The Balaban J connectivity index is 2.87. The van der Waals surface area contributed by atoms with Crippen molar-refractivity contribution in [3.63, 3.8) is 0 Å². The highest BCUT2D eigenvalue weighted by molar-refractivity contribution is 9.10. The van der Waals surface area contributed by atoms with Gasteiger partial charge in [0.2, 0.25) is 6.41 Å². The molecule has 1 unspecified atom stereocenters. The van der Waals surface area contributed by atoms with E-state index >= 15 is 0 Å². The number of thiophene rings is 1. The molecule has 1 amide bonds. The van der Waals surface area contributed by atoms with Crippen LogP contribution in [0.5, 0.6) is 0 Å². The number of rotatable bonds is 4. The molecule has 2 N–H and O–H groups in total. The van der Waals surface area contributed by atoms with Gasteiger partial charge in [0, 0.05) is 14.7 Å². The number of carbonyl (C=O) groups is 2. The molecule has 1 rings (SSSR count). The Kier molecular flexibility index (Phi) is 3.44. The lowest BCUT2D eigenvalue weighted by atomic mass is 10.2. The van der Waals surface area contributed by atoms with Crippen LogP contribution in [0, 0.1) is 0 Å². The average Bonchev–Trinajstić information content (AvgIpc) is 2.46. The van der Waals surface area contributed by atoms with Crippen LogP contribution in [-0.2, 0) is 9.59 Å². The van der Waals surface area contributed by atoms with Crippen molar-refractivity contribution in [1.82, 2.24) is 5.32 Å². The second-order valence-corrected chi connectivity index (χ2v) is 4.08. The summed E-state index contributed by atoms with van der Waals surface area (Å²) in [5.74, 6) is -1.07. The van der Waals surface area contributed by atoms with Gasteiger partial charge in [0.25, 0.3) is 0 Å². The number of carboxylic acid groups (broad SMARTS) is 1. The molecule has 13 heavy (non-hydrogen) atoms. The summed E-state index contributed by atoms with van der Waals surface area (Å²) in [7, 11) is 0. The van der Waals surface area contributed by atoms with Crippen LogP contribution in [0.25, 0.3) is 0 Å². The molecular formula is C7H6BrNO3S. The molecule has 0 aliphatic heterocycles. The van der Waals surface area contributed by atoms with Crippen molar-refractivity contribution in [3.8, 4) is 0 Å². The Labute approximate surface area is 86.7 Å². The molecule has 0 spiro atoms. The number of carbonyl (C=O) groups excluding carboxylic acids is 1. The average molecular weight is 264 g/mol. The molecule has 1 heterocycles. The number of carboxylic acids is 1. The third kappa shape index (κ3) is 2.53. The number of hydrogen-bond acceptors (Lipinski definition) is 3. The molecule has 6 heteroatoms. The summed E-state index contributed by atoms with van der Waals surface area (Å²) in [5, 5.41) is 12.7. The van der Waals surface area contributed by atoms with Crippen LogP contribution in [-0.4, -0.2) is 17.5 Å².